The number of alkyl halides is 5. The van der Waals surface area contributed by atoms with Crippen LogP contribution in [0.3, 0.4) is 0 Å². The van der Waals surface area contributed by atoms with Crippen LogP contribution >= 0.6 is 11.6 Å². The summed E-state index contributed by atoms with van der Waals surface area (Å²) < 4.78 is 129. The minimum atomic E-state index is -5.04. The van der Waals surface area contributed by atoms with Crippen LogP contribution in [0.2, 0.25) is 5.02 Å². The molecule has 3 aromatic heterocycles. The molecule has 4 atom stereocenters. The van der Waals surface area contributed by atoms with Crippen molar-refractivity contribution in [2.75, 3.05) is 19.3 Å². The molecule has 2 aromatic carbocycles. The zero-order valence-electron chi connectivity index (χ0n) is 30.9. The van der Waals surface area contributed by atoms with Crippen LogP contribution in [0.4, 0.5) is 30.7 Å². The topological polar surface area (TPSA) is 112 Å². The van der Waals surface area contributed by atoms with E-state index in [4.69, 9.17) is 16.6 Å². The number of nitrogens with one attached hydrogen (secondary N) is 1. The van der Waals surface area contributed by atoms with E-state index >= 15 is 8.78 Å². The number of hydrogen-bond acceptors (Lipinski definition) is 7. The summed E-state index contributed by atoms with van der Waals surface area (Å²) in [6.45, 7) is 0.501. The molecule has 1 aliphatic heterocycles. The number of carbonyl (C=O) groups excluding carboxylic acids is 1. The summed E-state index contributed by atoms with van der Waals surface area (Å²) in [6.07, 6.45) is -4.07. The smallest absolute Gasteiger partial charge is 0.315 e. The lowest BCUT2D eigenvalue weighted by Gasteiger charge is -2.21. The van der Waals surface area contributed by atoms with Crippen molar-refractivity contribution in [1.82, 2.24) is 29.9 Å². The van der Waals surface area contributed by atoms with E-state index in [9.17, 15) is 35.2 Å². The van der Waals surface area contributed by atoms with Crippen LogP contribution in [0.15, 0.2) is 42.5 Å². The van der Waals surface area contributed by atoms with Gasteiger partial charge in [-0.15, -0.1) is 0 Å². The molecule has 3 aliphatic rings. The van der Waals surface area contributed by atoms with Crippen molar-refractivity contribution in [3.05, 3.63) is 98.7 Å². The van der Waals surface area contributed by atoms with E-state index in [-0.39, 0.29) is 46.4 Å². The van der Waals surface area contributed by atoms with Crippen LogP contribution in [0, 0.1) is 35.3 Å². The van der Waals surface area contributed by atoms with Crippen LogP contribution < -0.4 is 5.32 Å². The highest BCUT2D eigenvalue weighted by atomic mass is 35.5. The number of ketones is 1. The van der Waals surface area contributed by atoms with Gasteiger partial charge >= 0.3 is 6.18 Å². The highest BCUT2D eigenvalue weighted by Gasteiger charge is 2.68. The Balaban J connectivity index is 1.27. The molecule has 1 N–H and O–H groups in total. The average Bonchev–Trinajstić information content (AvgIpc) is 3.35. The summed E-state index contributed by atoms with van der Waals surface area (Å²) in [5, 5.41) is 11.7. The summed E-state index contributed by atoms with van der Waals surface area (Å²) in [4.78, 5) is 19.0. The van der Waals surface area contributed by atoms with E-state index in [1.807, 2.05) is 0 Å². The van der Waals surface area contributed by atoms with Crippen molar-refractivity contribution >= 4 is 38.1 Å². The predicted molar refractivity (Wildman–Crippen MR) is 200 cm³/mol. The first kappa shape index (κ1) is 40.0. The SMILES string of the molecule is Cn1nc(CS(C)(=O)=O)c2c(Cl)ccc(-c3ccc(C#CC4CCNC4)nc3[C@@H](CC(=O)Cn3nc(C(F)(F)F)c4c3C(F)(F)[C@@H]3C[C@H]43)Cc3cc(F)cc(F)c3)c21. The van der Waals surface area contributed by atoms with Crippen LogP contribution in [0.5, 0.6) is 0 Å². The Bertz CT molecular complexity index is 2660. The maximum atomic E-state index is 15.4. The maximum absolute atomic E-state index is 15.4. The molecule has 9 nitrogen and oxygen atoms in total. The molecule has 0 radical (unpaired) electrons. The lowest BCUT2D eigenvalue weighted by molar-refractivity contribution is -0.142. The molecular weight excluding hydrogens is 813 g/mol. The Labute approximate surface area is 332 Å². The van der Waals surface area contributed by atoms with Crippen molar-refractivity contribution in [2.45, 2.75) is 61.9 Å². The fraction of sp³-hybridized carbons (Fsp3) is 0.400. The highest BCUT2D eigenvalue weighted by molar-refractivity contribution is 7.89. The van der Waals surface area contributed by atoms with Crippen molar-refractivity contribution in [3.8, 4) is 23.0 Å². The zero-order valence-corrected chi connectivity index (χ0v) is 32.5. The highest BCUT2D eigenvalue weighted by Crippen LogP contribution is 2.68. The third-order valence-electron chi connectivity index (χ3n) is 10.9. The number of aromatic nitrogens is 5. The molecule has 0 spiro atoms. The van der Waals surface area contributed by atoms with E-state index in [1.165, 1.54) is 4.68 Å². The molecule has 2 aliphatic carbocycles. The van der Waals surface area contributed by atoms with Crippen LogP contribution in [-0.2, 0) is 52.5 Å². The fourth-order valence-corrected chi connectivity index (χ4v) is 9.40. The van der Waals surface area contributed by atoms with Crippen molar-refractivity contribution < 1.29 is 43.9 Å². The second-order valence-corrected chi connectivity index (χ2v) is 17.9. The Hall–Kier alpha value is -4.79. The molecule has 0 amide bonds. The molecular formula is C40H34ClF7N6O3S. The summed E-state index contributed by atoms with van der Waals surface area (Å²) >= 11 is 6.64. The van der Waals surface area contributed by atoms with Gasteiger partial charge in [-0.25, -0.2) is 22.2 Å². The van der Waals surface area contributed by atoms with E-state index in [2.05, 4.69) is 27.4 Å². The summed E-state index contributed by atoms with van der Waals surface area (Å²) in [7, 11) is -1.98. The zero-order chi connectivity index (χ0) is 41.5. The lowest BCUT2D eigenvalue weighted by atomic mass is 9.86. The Kier molecular flexibility index (Phi) is 9.99. The molecule has 58 heavy (non-hydrogen) atoms. The number of hydrogen-bond donors (Lipinski definition) is 1. The minimum absolute atomic E-state index is 0.0257. The summed E-state index contributed by atoms with van der Waals surface area (Å²) in [5.41, 5.74) is -0.986. The van der Waals surface area contributed by atoms with Crippen LogP contribution in [0.1, 0.15) is 70.7 Å². The number of nitrogens with zero attached hydrogens (tertiary/aromatic N) is 5. The molecule has 0 bridgehead atoms. The van der Waals surface area contributed by atoms with Crippen molar-refractivity contribution in [2.24, 2.45) is 18.9 Å². The Morgan fingerprint density at radius 1 is 1.09 bits per heavy atom. The van der Waals surface area contributed by atoms with Gasteiger partial charge in [-0.2, -0.15) is 32.1 Å². The molecule has 1 saturated heterocycles. The molecule has 5 aromatic rings. The number of aryl methyl sites for hydroxylation is 1. The normalized spacial score (nSPS) is 20.1. The average molecular weight is 847 g/mol. The first-order valence-corrected chi connectivity index (χ1v) is 20.8. The standard InChI is InChI=1S/C40H34ClF7N6O3S/c1-53-36-28(7-8-31(41)34(36)32(51-53)19-58(2,56)57)27-6-5-25(4-3-20-9-10-49-17-20)50-35(27)22(11-21-12-23(42)15-24(43)13-21)14-26(55)18-54-38-33(37(52-54)40(46,47)48)29-16-30(29)39(38,44)45/h5-8,12-13,15,20,22,29-30,49H,9-11,14,16-19H2,1-2H3/t20?,22-,29+,30-/m1/s1. The number of sulfone groups is 1. The van der Waals surface area contributed by atoms with Gasteiger partial charge in [-0.05, 0) is 73.5 Å². The van der Waals surface area contributed by atoms with Gasteiger partial charge in [0.25, 0.3) is 5.92 Å². The molecule has 4 heterocycles. The Morgan fingerprint density at radius 3 is 2.48 bits per heavy atom. The number of pyridine rings is 1. The van der Waals surface area contributed by atoms with Gasteiger partial charge in [0.15, 0.2) is 21.3 Å². The lowest BCUT2D eigenvalue weighted by Crippen LogP contribution is -2.24. The van der Waals surface area contributed by atoms with Crippen LogP contribution in [0.25, 0.3) is 22.0 Å². The summed E-state index contributed by atoms with van der Waals surface area (Å²) in [5.74, 6) is -3.78. The van der Waals surface area contributed by atoms with Crippen molar-refractivity contribution in [3.63, 3.8) is 0 Å². The predicted octanol–water partition coefficient (Wildman–Crippen LogP) is 7.48. The quantitative estimate of drug-likeness (QED) is 0.115. The van der Waals surface area contributed by atoms with Crippen molar-refractivity contribution in [1.29, 1.82) is 0 Å². The molecule has 304 valence electrons. The third kappa shape index (κ3) is 7.61. The van der Waals surface area contributed by atoms with E-state index in [1.54, 1.807) is 31.3 Å². The third-order valence-corrected chi connectivity index (χ3v) is 12.0. The number of Topliss-reactive ketones (excluding diaryl/α,β-unsaturated/α-hetero) is 1. The molecule has 8 rings (SSSR count). The number of benzene rings is 2. The van der Waals surface area contributed by atoms with Gasteiger partial charge in [0, 0.05) is 72.2 Å². The second-order valence-electron chi connectivity index (χ2n) is 15.3. The van der Waals surface area contributed by atoms with Gasteiger partial charge in [-0.3, -0.25) is 14.2 Å². The van der Waals surface area contributed by atoms with Gasteiger partial charge in [0.05, 0.1) is 27.7 Å². The minimum Gasteiger partial charge on any atom is -0.315 e. The fourth-order valence-electron chi connectivity index (χ4n) is 8.44. The van der Waals surface area contributed by atoms with E-state index in [0.29, 0.717) is 39.3 Å². The molecule has 2 fully saturated rings. The maximum Gasteiger partial charge on any atom is 0.435 e. The number of rotatable bonds is 10. The first-order valence-electron chi connectivity index (χ1n) is 18.4. The largest absolute Gasteiger partial charge is 0.435 e. The number of halogens is 8. The van der Waals surface area contributed by atoms with E-state index in [0.717, 1.165) is 31.4 Å². The molecule has 1 saturated carbocycles. The van der Waals surface area contributed by atoms with Gasteiger partial charge in [0.1, 0.15) is 29.6 Å². The number of fused-ring (bicyclic) bond motifs is 4. The van der Waals surface area contributed by atoms with Gasteiger partial charge < -0.3 is 5.32 Å². The van der Waals surface area contributed by atoms with Crippen LogP contribution in [-0.4, -0.2) is 58.1 Å². The van der Waals surface area contributed by atoms with Gasteiger partial charge in [-0.1, -0.05) is 23.6 Å². The first-order chi connectivity index (χ1) is 27.3. The summed E-state index contributed by atoms with van der Waals surface area (Å²) in [6, 6.07) is 9.31. The van der Waals surface area contributed by atoms with Gasteiger partial charge in [0.2, 0.25) is 0 Å². The Morgan fingerprint density at radius 2 is 1.81 bits per heavy atom. The second kappa shape index (κ2) is 14.5. The molecule has 1 unspecified atom stereocenters. The molecule has 18 heteroatoms. The monoisotopic (exact) mass is 846 g/mol. The number of carbonyl (C=O) groups is 1. The van der Waals surface area contributed by atoms with E-state index < -0.39 is 92.8 Å².